The Labute approximate surface area is 103 Å². The lowest BCUT2D eigenvalue weighted by molar-refractivity contribution is 0.398. The van der Waals surface area contributed by atoms with Gasteiger partial charge in [0.2, 0.25) is 0 Å². The van der Waals surface area contributed by atoms with Gasteiger partial charge in [0, 0.05) is 12.1 Å². The van der Waals surface area contributed by atoms with Crippen molar-refractivity contribution in [1.29, 1.82) is 0 Å². The Morgan fingerprint density at radius 2 is 2.06 bits per heavy atom. The van der Waals surface area contributed by atoms with E-state index < -0.39 is 0 Å². The molecule has 0 fully saturated rings. The zero-order valence-corrected chi connectivity index (χ0v) is 11.1. The molecule has 0 saturated heterocycles. The van der Waals surface area contributed by atoms with Crippen LogP contribution in [0.4, 0.5) is 4.39 Å². The average Bonchev–Trinajstić information content (AvgIpc) is 2.31. The molecule has 0 bridgehead atoms. The number of rotatable bonds is 6. The van der Waals surface area contributed by atoms with Gasteiger partial charge in [-0.05, 0) is 37.4 Å². The fraction of sp³-hybridized carbons (Fsp3) is 0.571. The van der Waals surface area contributed by atoms with Crippen LogP contribution < -0.4 is 10.1 Å². The number of ether oxygens (including phenoxy) is 1. The van der Waals surface area contributed by atoms with E-state index in [1.165, 1.54) is 6.07 Å². The lowest BCUT2D eigenvalue weighted by Gasteiger charge is -2.20. The molecule has 17 heavy (non-hydrogen) atoms. The van der Waals surface area contributed by atoms with E-state index in [2.05, 4.69) is 19.2 Å². The number of hydrogen-bond donors (Lipinski definition) is 1. The Kier molecular flexibility index (Phi) is 5.42. The van der Waals surface area contributed by atoms with Gasteiger partial charge in [-0.2, -0.15) is 0 Å². The number of benzene rings is 1. The standard InChI is InChI=1S/C14H22FNO/c1-10(2)14(16-3)8-6-11-5-7-12(17-4)9-13(11)15/h5,7,9-10,14,16H,6,8H2,1-4H3. The quantitative estimate of drug-likeness (QED) is 0.824. The summed E-state index contributed by atoms with van der Waals surface area (Å²) >= 11 is 0. The first-order valence-corrected chi connectivity index (χ1v) is 6.08. The summed E-state index contributed by atoms with van der Waals surface area (Å²) in [4.78, 5) is 0. The highest BCUT2D eigenvalue weighted by Gasteiger charge is 2.12. The molecule has 1 unspecified atom stereocenters. The fourth-order valence-electron chi connectivity index (χ4n) is 1.98. The van der Waals surface area contributed by atoms with Gasteiger partial charge in [0.1, 0.15) is 11.6 Å². The van der Waals surface area contributed by atoms with E-state index in [4.69, 9.17) is 4.74 Å². The second-order valence-electron chi connectivity index (χ2n) is 4.64. The van der Waals surface area contributed by atoms with Crippen LogP contribution in [0.3, 0.4) is 0 Å². The zero-order valence-electron chi connectivity index (χ0n) is 11.1. The second kappa shape index (κ2) is 6.60. The predicted molar refractivity (Wildman–Crippen MR) is 69.0 cm³/mol. The summed E-state index contributed by atoms with van der Waals surface area (Å²) in [5.74, 6) is 0.949. The van der Waals surface area contributed by atoms with Gasteiger partial charge in [0.05, 0.1) is 7.11 Å². The first kappa shape index (κ1) is 14.0. The molecule has 1 rings (SSSR count). The molecule has 0 aliphatic carbocycles. The Morgan fingerprint density at radius 1 is 1.35 bits per heavy atom. The summed E-state index contributed by atoms with van der Waals surface area (Å²) in [6.07, 6.45) is 1.69. The van der Waals surface area contributed by atoms with E-state index in [9.17, 15) is 4.39 Å². The van der Waals surface area contributed by atoms with Crippen LogP contribution in [0.25, 0.3) is 0 Å². The van der Waals surface area contributed by atoms with Crippen molar-refractivity contribution in [2.45, 2.75) is 32.7 Å². The van der Waals surface area contributed by atoms with Crippen LogP contribution in [0.2, 0.25) is 0 Å². The molecule has 0 aliphatic rings. The largest absolute Gasteiger partial charge is 0.497 e. The Hall–Kier alpha value is -1.09. The normalized spacial score (nSPS) is 12.8. The molecule has 0 saturated carbocycles. The van der Waals surface area contributed by atoms with Crippen molar-refractivity contribution < 1.29 is 9.13 Å². The number of nitrogens with one attached hydrogen (secondary N) is 1. The van der Waals surface area contributed by atoms with Crippen LogP contribution >= 0.6 is 0 Å². The van der Waals surface area contributed by atoms with Gasteiger partial charge >= 0.3 is 0 Å². The molecule has 1 aromatic carbocycles. The minimum Gasteiger partial charge on any atom is -0.497 e. The molecule has 0 heterocycles. The van der Waals surface area contributed by atoms with Gasteiger partial charge in [0.25, 0.3) is 0 Å². The van der Waals surface area contributed by atoms with Crippen LogP contribution in [0.1, 0.15) is 25.8 Å². The summed E-state index contributed by atoms with van der Waals surface area (Å²) in [6.45, 7) is 4.34. The van der Waals surface area contributed by atoms with Crippen molar-refractivity contribution in [3.8, 4) is 5.75 Å². The molecule has 0 aliphatic heterocycles. The summed E-state index contributed by atoms with van der Waals surface area (Å²) in [6, 6.07) is 5.49. The van der Waals surface area contributed by atoms with Crippen molar-refractivity contribution in [1.82, 2.24) is 5.32 Å². The maximum atomic E-state index is 13.7. The predicted octanol–water partition coefficient (Wildman–Crippen LogP) is 3.01. The van der Waals surface area contributed by atoms with Gasteiger partial charge in [-0.3, -0.25) is 0 Å². The molecule has 0 aromatic heterocycles. The molecule has 96 valence electrons. The number of hydrogen-bond acceptors (Lipinski definition) is 2. The van der Waals surface area contributed by atoms with E-state index in [0.29, 0.717) is 17.7 Å². The molecule has 0 radical (unpaired) electrons. The van der Waals surface area contributed by atoms with Gasteiger partial charge in [-0.15, -0.1) is 0 Å². The monoisotopic (exact) mass is 239 g/mol. The summed E-state index contributed by atoms with van der Waals surface area (Å²) < 4.78 is 18.7. The highest BCUT2D eigenvalue weighted by atomic mass is 19.1. The van der Waals surface area contributed by atoms with Crippen LogP contribution in [-0.4, -0.2) is 20.2 Å². The van der Waals surface area contributed by atoms with Crippen molar-refractivity contribution in [2.24, 2.45) is 5.92 Å². The van der Waals surface area contributed by atoms with Gasteiger partial charge in [-0.25, -0.2) is 4.39 Å². The molecule has 1 aromatic rings. The number of methoxy groups -OCH3 is 1. The van der Waals surface area contributed by atoms with Crippen molar-refractivity contribution in [3.63, 3.8) is 0 Å². The van der Waals surface area contributed by atoms with Crippen LogP contribution in [-0.2, 0) is 6.42 Å². The number of aryl methyl sites for hydroxylation is 1. The molecule has 1 N–H and O–H groups in total. The van der Waals surface area contributed by atoms with Crippen molar-refractivity contribution in [3.05, 3.63) is 29.6 Å². The first-order valence-electron chi connectivity index (χ1n) is 6.08. The van der Waals surface area contributed by atoms with Crippen LogP contribution in [0.5, 0.6) is 5.75 Å². The van der Waals surface area contributed by atoms with E-state index in [1.54, 1.807) is 13.2 Å². The maximum absolute atomic E-state index is 13.7. The third-order valence-corrected chi connectivity index (χ3v) is 3.16. The maximum Gasteiger partial charge on any atom is 0.130 e. The lowest BCUT2D eigenvalue weighted by atomic mass is 9.96. The van der Waals surface area contributed by atoms with E-state index in [0.717, 1.165) is 18.4 Å². The highest BCUT2D eigenvalue weighted by Crippen LogP contribution is 2.19. The molecule has 3 heteroatoms. The molecule has 0 amide bonds. The first-order chi connectivity index (χ1) is 8.08. The highest BCUT2D eigenvalue weighted by molar-refractivity contribution is 5.29. The van der Waals surface area contributed by atoms with Gasteiger partial charge < -0.3 is 10.1 Å². The molecule has 0 spiro atoms. The van der Waals surface area contributed by atoms with Crippen molar-refractivity contribution in [2.75, 3.05) is 14.2 Å². The lowest BCUT2D eigenvalue weighted by Crippen LogP contribution is -2.31. The zero-order chi connectivity index (χ0) is 12.8. The molecular formula is C14H22FNO. The molecule has 2 nitrogen and oxygen atoms in total. The molecule has 1 atom stereocenters. The minimum atomic E-state index is -0.178. The molecular weight excluding hydrogens is 217 g/mol. The third-order valence-electron chi connectivity index (χ3n) is 3.16. The topological polar surface area (TPSA) is 21.3 Å². The smallest absolute Gasteiger partial charge is 0.130 e. The Morgan fingerprint density at radius 3 is 2.53 bits per heavy atom. The van der Waals surface area contributed by atoms with E-state index >= 15 is 0 Å². The minimum absolute atomic E-state index is 0.178. The SMILES string of the molecule is CNC(CCc1ccc(OC)cc1F)C(C)C. The van der Waals surface area contributed by atoms with E-state index in [1.807, 2.05) is 13.1 Å². The summed E-state index contributed by atoms with van der Waals surface area (Å²) in [5, 5.41) is 3.27. The Balaban J connectivity index is 2.63. The fourth-order valence-corrected chi connectivity index (χ4v) is 1.98. The van der Waals surface area contributed by atoms with Crippen molar-refractivity contribution >= 4 is 0 Å². The summed E-state index contributed by atoms with van der Waals surface area (Å²) in [7, 11) is 3.50. The number of halogens is 1. The second-order valence-corrected chi connectivity index (χ2v) is 4.64. The summed E-state index contributed by atoms with van der Waals surface area (Å²) in [5.41, 5.74) is 0.756. The van der Waals surface area contributed by atoms with Gasteiger partial charge in [-0.1, -0.05) is 19.9 Å². The van der Waals surface area contributed by atoms with Crippen LogP contribution in [0, 0.1) is 11.7 Å². The average molecular weight is 239 g/mol. The van der Waals surface area contributed by atoms with E-state index in [-0.39, 0.29) is 5.82 Å². The van der Waals surface area contributed by atoms with Crippen LogP contribution in [0.15, 0.2) is 18.2 Å². The third kappa shape index (κ3) is 4.00. The van der Waals surface area contributed by atoms with Gasteiger partial charge in [0.15, 0.2) is 0 Å². The Bertz CT molecular complexity index is 352.